The summed E-state index contributed by atoms with van der Waals surface area (Å²) in [5, 5.41) is 0. The molecule has 0 rings (SSSR count). The summed E-state index contributed by atoms with van der Waals surface area (Å²) in [4.78, 5) is 0. The third kappa shape index (κ3) is 1970. The van der Waals surface area contributed by atoms with Crippen LogP contribution in [0.4, 0.5) is 0 Å². The predicted octanol–water partition coefficient (Wildman–Crippen LogP) is -2.72. The van der Waals surface area contributed by atoms with Gasteiger partial charge in [0, 0.05) is 54.6 Å². The Balaban J connectivity index is -0.0000000400. The Morgan fingerprint density at radius 3 is 0.412 bits per heavy atom. The maximum Gasteiger partial charge on any atom is 0.394 e. The second-order valence-corrected chi connectivity index (χ2v) is 4.03. The molecule has 0 spiro atoms. The van der Waals surface area contributed by atoms with E-state index >= 15 is 0 Å². The van der Waals surface area contributed by atoms with E-state index in [2.05, 4.69) is 0 Å². The van der Waals surface area contributed by atoms with E-state index < -0.39 is 31.2 Å². The minimum atomic E-state index is -4.67. The summed E-state index contributed by atoms with van der Waals surface area (Å²) in [5.74, 6) is 0. The molecule has 0 amide bonds. The van der Waals surface area contributed by atoms with Crippen LogP contribution in [0.15, 0.2) is 0 Å². The van der Waals surface area contributed by atoms with Gasteiger partial charge in [0.2, 0.25) is 0 Å². The van der Waals surface area contributed by atoms with E-state index in [4.69, 9.17) is 52.6 Å². The minimum Gasteiger partial charge on any atom is -0.264 e. The molecule has 0 heterocycles. The Morgan fingerprint density at radius 1 is 0.412 bits per heavy atom. The van der Waals surface area contributed by atoms with Gasteiger partial charge in [-0.2, -0.15) is 25.3 Å². The average molecular weight is 703 g/mol. The van der Waals surface area contributed by atoms with E-state index in [-0.39, 0.29) is 54.6 Å². The van der Waals surface area contributed by atoms with Crippen LogP contribution in [-0.2, 0) is 31.2 Å². The first kappa shape index (κ1) is 31.1. The zero-order chi connectivity index (χ0) is 13.5. The molecule has 0 atom stereocenters. The van der Waals surface area contributed by atoms with Gasteiger partial charge in [0.05, 0.1) is 0 Å². The van der Waals surface area contributed by atoms with E-state index in [0.29, 0.717) is 0 Å². The number of hydrogen-bond donors (Lipinski definition) is 6. The van der Waals surface area contributed by atoms with Gasteiger partial charge in [0.15, 0.2) is 0 Å². The van der Waals surface area contributed by atoms with Crippen molar-refractivity contribution in [2.75, 3.05) is 0 Å². The summed E-state index contributed by atoms with van der Waals surface area (Å²) >= 11 is 0. The fourth-order valence-electron chi connectivity index (χ4n) is 0. The van der Waals surface area contributed by atoms with Crippen LogP contribution in [0.5, 0.6) is 0 Å². The van der Waals surface area contributed by atoms with Crippen LogP contribution in [0.3, 0.4) is 0 Å². The van der Waals surface area contributed by atoms with Gasteiger partial charge in [0.1, 0.15) is 0 Å². The maximum absolute atomic E-state index is 8.74. The average Bonchev–Trinajstić information content (AvgIpc) is 1.41. The molecule has 6 N–H and O–H groups in total. The van der Waals surface area contributed by atoms with Crippen molar-refractivity contribution >= 4 is 85.8 Å². The summed E-state index contributed by atoms with van der Waals surface area (Å²) in [7, 11) is -14.0. The fraction of sp³-hybridized carbons (Fsp3) is 0. The van der Waals surface area contributed by atoms with Crippen LogP contribution in [0.25, 0.3) is 0 Å². The van der Waals surface area contributed by atoms with Gasteiger partial charge < -0.3 is 0 Å². The Morgan fingerprint density at radius 2 is 0.412 bits per heavy atom. The summed E-state index contributed by atoms with van der Waals surface area (Å²) in [6.07, 6.45) is 0. The molecule has 17 heavy (non-hydrogen) atoms. The molecule has 0 saturated heterocycles. The number of rotatable bonds is 0. The maximum atomic E-state index is 8.74. The van der Waals surface area contributed by atoms with Crippen LogP contribution in [0.1, 0.15) is 0 Å². The molecule has 0 aromatic carbocycles. The van der Waals surface area contributed by atoms with Crippen molar-refractivity contribution < 1.29 is 52.6 Å². The van der Waals surface area contributed by atoms with Crippen molar-refractivity contribution in [3.8, 4) is 0 Å². The number of hydrogen-bond acceptors (Lipinski definition) is 6. The summed E-state index contributed by atoms with van der Waals surface area (Å²) in [6, 6.07) is 0. The molecule has 12 nitrogen and oxygen atoms in total. The molecule has 0 aromatic rings. The van der Waals surface area contributed by atoms with Crippen molar-refractivity contribution in [1.29, 1.82) is 0 Å². The monoisotopic (exact) mass is 704 g/mol. The molecule has 0 unspecified atom stereocenters. The molecule has 0 aliphatic heterocycles. The smallest absolute Gasteiger partial charge is 0.264 e. The van der Waals surface area contributed by atoms with E-state index in [1.165, 1.54) is 0 Å². The van der Waals surface area contributed by atoms with E-state index in [1.54, 1.807) is 0 Å². The van der Waals surface area contributed by atoms with Crippen LogP contribution in [0.2, 0.25) is 0 Å². The standard InChI is InChI=1S/3H2O4S.2Tl/c3*1-5(2,3)4;;/h3*(H2,1,2,3,4);;. The second kappa shape index (κ2) is 12.5. The molecule has 2 radical (unpaired) electrons. The van der Waals surface area contributed by atoms with Crippen molar-refractivity contribution in [2.24, 2.45) is 0 Å². The first-order chi connectivity index (χ1) is 6.00. The van der Waals surface area contributed by atoms with Gasteiger partial charge in [-0.15, -0.1) is 0 Å². The van der Waals surface area contributed by atoms with Crippen molar-refractivity contribution in [2.45, 2.75) is 0 Å². The third-order valence-corrected chi connectivity index (χ3v) is 0. The van der Waals surface area contributed by atoms with Crippen molar-refractivity contribution in [3.63, 3.8) is 0 Å². The van der Waals surface area contributed by atoms with E-state index in [9.17, 15) is 0 Å². The second-order valence-electron chi connectivity index (χ2n) is 1.34. The van der Waals surface area contributed by atoms with Crippen LogP contribution in [0, 0.1) is 0 Å². The largest absolute Gasteiger partial charge is 0.394 e. The molecule has 0 saturated carbocycles. The van der Waals surface area contributed by atoms with E-state index in [1.807, 2.05) is 0 Å². The van der Waals surface area contributed by atoms with Gasteiger partial charge in [-0.1, -0.05) is 0 Å². The summed E-state index contributed by atoms with van der Waals surface area (Å²) in [6.45, 7) is 0. The van der Waals surface area contributed by atoms with Crippen molar-refractivity contribution in [1.82, 2.24) is 0 Å². The van der Waals surface area contributed by atoms with Crippen molar-refractivity contribution in [3.05, 3.63) is 0 Å². The normalized spacial score (nSPS) is 10.2. The first-order valence-corrected chi connectivity index (χ1v) is 6.29. The molecule has 0 fully saturated rings. The molecule has 0 bridgehead atoms. The predicted molar refractivity (Wildman–Crippen MR) is 54.0 cm³/mol. The quantitative estimate of drug-likeness (QED) is 0.112. The van der Waals surface area contributed by atoms with Gasteiger partial charge in [0.25, 0.3) is 0 Å². The molecular weight excluding hydrogens is 697 g/mol. The third-order valence-electron chi connectivity index (χ3n) is 0. The SMILES string of the molecule is O=S(=O)(O)O.O=S(=O)(O)O.O=S(=O)(O)O.[Tl].[Tl]. The fourth-order valence-corrected chi connectivity index (χ4v) is 0. The van der Waals surface area contributed by atoms with Gasteiger partial charge in [-0.25, -0.2) is 0 Å². The minimum absolute atomic E-state index is 0. The van der Waals surface area contributed by atoms with Crippen LogP contribution in [-0.4, -0.2) is 107 Å². The van der Waals surface area contributed by atoms with E-state index in [0.717, 1.165) is 0 Å². The Bertz CT molecular complexity index is 341. The molecule has 0 aliphatic rings. The Kier molecular flexibility index (Phi) is 22.8. The molecule has 0 aromatic heterocycles. The van der Waals surface area contributed by atoms with Gasteiger partial charge in [-0.3, -0.25) is 27.3 Å². The first-order valence-electron chi connectivity index (χ1n) is 2.10. The Hall–Kier alpha value is 1.45. The summed E-state index contributed by atoms with van der Waals surface area (Å²) < 4.78 is 94.8. The zero-order valence-electron chi connectivity index (χ0n) is 7.51. The molecule has 102 valence electrons. The molecular formula is H6O12S3Tl2. The molecule has 0 aliphatic carbocycles. The van der Waals surface area contributed by atoms with Gasteiger partial charge >= 0.3 is 31.2 Å². The van der Waals surface area contributed by atoms with Gasteiger partial charge in [-0.05, 0) is 0 Å². The van der Waals surface area contributed by atoms with Crippen LogP contribution < -0.4 is 0 Å². The van der Waals surface area contributed by atoms with Crippen LogP contribution >= 0.6 is 0 Å². The Labute approximate surface area is 137 Å². The molecule has 17 heteroatoms. The zero-order valence-corrected chi connectivity index (χ0v) is 18.9. The topological polar surface area (TPSA) is 224 Å². The summed E-state index contributed by atoms with van der Waals surface area (Å²) in [5.41, 5.74) is 0.